The molecule has 4 heterocycles. The first-order valence-electron chi connectivity index (χ1n) is 16.2. The lowest BCUT2D eigenvalue weighted by molar-refractivity contribution is -0.111. The van der Waals surface area contributed by atoms with Crippen molar-refractivity contribution >= 4 is 46.4 Å². The molecule has 0 atom stereocenters. The van der Waals surface area contributed by atoms with Gasteiger partial charge in [-0.15, -0.1) is 0 Å². The van der Waals surface area contributed by atoms with Crippen molar-refractivity contribution in [2.75, 3.05) is 60.3 Å². The lowest BCUT2D eigenvalue weighted by Crippen LogP contribution is -2.47. The second-order valence-electron chi connectivity index (χ2n) is 13.3. The van der Waals surface area contributed by atoms with Crippen molar-refractivity contribution in [1.82, 2.24) is 19.9 Å². The zero-order valence-corrected chi connectivity index (χ0v) is 28.1. The van der Waals surface area contributed by atoms with Crippen molar-refractivity contribution < 1.29 is 19.1 Å². The molecular formula is C35H44N8O4. The largest absolute Gasteiger partial charge is 0.494 e. The molecular weight excluding hydrogens is 596 g/mol. The zero-order valence-electron chi connectivity index (χ0n) is 28.1. The predicted octanol–water partition coefficient (Wildman–Crippen LogP) is 5.34. The smallest absolute Gasteiger partial charge is 0.343 e. The molecule has 1 saturated heterocycles. The Balaban J connectivity index is 1.37. The Morgan fingerprint density at radius 3 is 2.47 bits per heavy atom. The van der Waals surface area contributed by atoms with Crippen LogP contribution in [0.25, 0.3) is 0 Å². The molecule has 0 spiro atoms. The number of anilines is 6. The number of aryl methyl sites for hydroxylation is 1. The Bertz CT molecular complexity index is 1700. The van der Waals surface area contributed by atoms with E-state index in [1.807, 2.05) is 36.1 Å². The fourth-order valence-corrected chi connectivity index (χ4v) is 6.34. The second kappa shape index (κ2) is 12.8. The number of nitrogens with zero attached hydrogens (tertiary/aromatic N) is 6. The molecule has 3 aromatic rings. The molecule has 2 N–H and O–H groups in total. The van der Waals surface area contributed by atoms with Gasteiger partial charge in [0.1, 0.15) is 11.3 Å². The second-order valence-corrected chi connectivity index (χ2v) is 13.3. The highest BCUT2D eigenvalue weighted by molar-refractivity contribution is 6.02. The van der Waals surface area contributed by atoms with Crippen LogP contribution in [0.3, 0.4) is 0 Å². The fourth-order valence-electron chi connectivity index (χ4n) is 6.34. The SMILES string of the molecule is C=CC(=O)Nc1cc(Nc2ncc(C(=O)OC(C)C)c(N3CC(C)(C)c4nc(C)ccc43)n2)c(OC)cc1N1CCN(C2CC2)CC1. The van der Waals surface area contributed by atoms with Gasteiger partial charge in [-0.2, -0.15) is 4.98 Å². The third-order valence-corrected chi connectivity index (χ3v) is 8.81. The first kappa shape index (κ1) is 32.2. The molecule has 1 aromatic carbocycles. The average Bonchev–Trinajstić information content (AvgIpc) is 3.86. The number of aromatic nitrogens is 3. The summed E-state index contributed by atoms with van der Waals surface area (Å²) in [6.07, 6.45) is 4.97. The minimum atomic E-state index is -0.508. The van der Waals surface area contributed by atoms with Crippen molar-refractivity contribution in [2.45, 2.75) is 65.0 Å². The third kappa shape index (κ3) is 6.73. The maximum absolute atomic E-state index is 13.3. The van der Waals surface area contributed by atoms with E-state index in [0.717, 1.165) is 48.9 Å². The zero-order chi connectivity index (χ0) is 33.5. The van der Waals surface area contributed by atoms with Gasteiger partial charge in [-0.3, -0.25) is 14.7 Å². The monoisotopic (exact) mass is 640 g/mol. The van der Waals surface area contributed by atoms with Crippen LogP contribution in [0.4, 0.5) is 34.5 Å². The quantitative estimate of drug-likeness (QED) is 0.221. The maximum Gasteiger partial charge on any atom is 0.343 e. The van der Waals surface area contributed by atoms with Gasteiger partial charge in [-0.1, -0.05) is 20.4 Å². The number of fused-ring (bicyclic) bond motifs is 1. The third-order valence-electron chi connectivity index (χ3n) is 8.81. The van der Waals surface area contributed by atoms with E-state index in [2.05, 4.69) is 45.8 Å². The van der Waals surface area contributed by atoms with E-state index in [4.69, 9.17) is 19.4 Å². The molecule has 1 amide bonds. The number of amides is 1. The highest BCUT2D eigenvalue weighted by Gasteiger charge is 2.40. The summed E-state index contributed by atoms with van der Waals surface area (Å²) in [5, 5.41) is 6.27. The van der Waals surface area contributed by atoms with E-state index < -0.39 is 5.97 Å². The maximum atomic E-state index is 13.3. The topological polar surface area (TPSA) is 125 Å². The molecule has 0 bridgehead atoms. The standard InChI is InChI=1S/C35H44N8O4/c1-8-30(44)38-25-17-26(29(46-7)18-28(25)42-15-13-41(14-16-42)23-10-11-23)39-34-36-19-24(33(45)47-21(2)3)32(40-34)43-20-35(5,6)31-27(43)12-9-22(4)37-31/h8-9,12,17-19,21,23H,1,10-11,13-16,20H2,2-7H3,(H,38,44)(H,36,39,40). The summed E-state index contributed by atoms with van der Waals surface area (Å²) in [7, 11) is 1.60. The summed E-state index contributed by atoms with van der Waals surface area (Å²) in [6, 6.07) is 8.43. The number of piperazine rings is 1. The lowest BCUT2D eigenvalue weighted by Gasteiger charge is -2.37. The number of hydrogen-bond donors (Lipinski definition) is 2. The van der Waals surface area contributed by atoms with Crippen molar-refractivity contribution in [3.8, 4) is 5.75 Å². The van der Waals surface area contributed by atoms with Crippen LogP contribution >= 0.6 is 0 Å². The molecule has 12 nitrogen and oxygen atoms in total. The van der Waals surface area contributed by atoms with Gasteiger partial charge in [0.2, 0.25) is 11.9 Å². The molecule has 0 radical (unpaired) electrons. The van der Waals surface area contributed by atoms with E-state index in [1.165, 1.54) is 25.1 Å². The number of carbonyl (C=O) groups is 2. The minimum Gasteiger partial charge on any atom is -0.494 e. The number of methoxy groups -OCH3 is 1. The predicted molar refractivity (Wildman–Crippen MR) is 184 cm³/mol. The Morgan fingerprint density at radius 2 is 1.81 bits per heavy atom. The summed E-state index contributed by atoms with van der Waals surface area (Å²) in [6.45, 7) is 17.6. The molecule has 6 rings (SSSR count). The van der Waals surface area contributed by atoms with Crippen LogP contribution in [0.2, 0.25) is 0 Å². The molecule has 3 aliphatic rings. The van der Waals surface area contributed by atoms with Crippen LogP contribution in [0, 0.1) is 6.92 Å². The molecule has 2 aliphatic heterocycles. The van der Waals surface area contributed by atoms with Crippen LogP contribution in [-0.2, 0) is 14.9 Å². The van der Waals surface area contributed by atoms with Crippen molar-refractivity contribution in [3.63, 3.8) is 0 Å². The van der Waals surface area contributed by atoms with Gasteiger partial charge in [0.25, 0.3) is 0 Å². The van der Waals surface area contributed by atoms with E-state index >= 15 is 0 Å². The molecule has 1 saturated carbocycles. The van der Waals surface area contributed by atoms with Gasteiger partial charge >= 0.3 is 5.97 Å². The van der Waals surface area contributed by atoms with Crippen LogP contribution < -0.4 is 25.2 Å². The van der Waals surface area contributed by atoms with Gasteiger partial charge in [0.05, 0.1) is 41.7 Å². The Kier molecular flexibility index (Phi) is 8.80. The Morgan fingerprint density at radius 1 is 1.06 bits per heavy atom. The first-order valence-corrected chi connectivity index (χ1v) is 16.2. The molecule has 12 heteroatoms. The number of esters is 1. The highest BCUT2D eigenvalue weighted by atomic mass is 16.5. The number of nitrogens with one attached hydrogen (secondary N) is 2. The normalized spacial score (nSPS) is 17.3. The van der Waals surface area contributed by atoms with Gasteiger partial charge < -0.3 is 29.9 Å². The molecule has 47 heavy (non-hydrogen) atoms. The van der Waals surface area contributed by atoms with E-state index in [-0.39, 0.29) is 28.9 Å². The van der Waals surface area contributed by atoms with Crippen molar-refractivity contribution in [2.24, 2.45) is 0 Å². The van der Waals surface area contributed by atoms with Crippen LogP contribution in [0.5, 0.6) is 5.75 Å². The van der Waals surface area contributed by atoms with Gasteiger partial charge in [-0.05, 0) is 57.9 Å². The number of ether oxygens (including phenoxy) is 2. The van der Waals surface area contributed by atoms with E-state index in [1.54, 1.807) is 21.0 Å². The van der Waals surface area contributed by atoms with E-state index in [0.29, 0.717) is 35.5 Å². The van der Waals surface area contributed by atoms with Gasteiger partial charge in [0.15, 0.2) is 5.82 Å². The first-order chi connectivity index (χ1) is 22.5. The average molecular weight is 641 g/mol. The van der Waals surface area contributed by atoms with Crippen molar-refractivity contribution in [1.29, 1.82) is 0 Å². The Labute approximate surface area is 276 Å². The summed E-state index contributed by atoms with van der Waals surface area (Å²) in [4.78, 5) is 46.9. The summed E-state index contributed by atoms with van der Waals surface area (Å²) in [5.74, 6) is 0.394. The van der Waals surface area contributed by atoms with Gasteiger partial charge in [-0.25, -0.2) is 9.78 Å². The number of carbonyl (C=O) groups excluding carboxylic acids is 2. The molecule has 248 valence electrons. The minimum absolute atomic E-state index is 0.248. The van der Waals surface area contributed by atoms with Crippen molar-refractivity contribution in [3.05, 3.63) is 60.1 Å². The van der Waals surface area contributed by atoms with Crippen LogP contribution in [0.15, 0.2) is 43.1 Å². The number of hydrogen-bond acceptors (Lipinski definition) is 11. The lowest BCUT2D eigenvalue weighted by atomic mass is 9.91. The number of benzene rings is 1. The molecule has 2 aromatic heterocycles. The number of rotatable bonds is 10. The van der Waals surface area contributed by atoms with E-state index in [9.17, 15) is 9.59 Å². The summed E-state index contributed by atoms with van der Waals surface area (Å²) < 4.78 is 11.4. The van der Waals surface area contributed by atoms with Gasteiger partial charge in [0, 0.05) is 62.1 Å². The fraction of sp³-hybridized carbons (Fsp3) is 0.457. The summed E-state index contributed by atoms with van der Waals surface area (Å²) in [5.41, 5.74) is 4.73. The number of pyridine rings is 1. The Hall–Kier alpha value is -4.71. The summed E-state index contributed by atoms with van der Waals surface area (Å²) >= 11 is 0. The molecule has 0 unspecified atom stereocenters. The van der Waals surface area contributed by atoms with Crippen LogP contribution in [0.1, 0.15) is 62.3 Å². The van der Waals surface area contributed by atoms with Crippen LogP contribution in [-0.4, -0.2) is 83.7 Å². The highest BCUT2D eigenvalue weighted by Crippen LogP contribution is 2.44. The molecule has 2 fully saturated rings. The molecule has 1 aliphatic carbocycles.